The molecule has 2 aromatic carbocycles. The highest BCUT2D eigenvalue weighted by atomic mass is 35.5. The second-order valence-corrected chi connectivity index (χ2v) is 7.47. The first-order valence-electron chi connectivity index (χ1n) is 6.73. The van der Waals surface area contributed by atoms with Gasteiger partial charge in [-0.2, -0.15) is 0 Å². The lowest BCUT2D eigenvalue weighted by Gasteiger charge is -2.18. The van der Waals surface area contributed by atoms with Crippen LogP contribution < -0.4 is 4.74 Å². The van der Waals surface area contributed by atoms with Gasteiger partial charge in [0.25, 0.3) is 0 Å². The predicted octanol–water partition coefficient (Wildman–Crippen LogP) is 3.31. The number of para-hydroxylation sites is 1. The van der Waals surface area contributed by atoms with Crippen molar-refractivity contribution in [2.45, 2.75) is 12.3 Å². The molecule has 2 rings (SSSR count). The van der Waals surface area contributed by atoms with Crippen LogP contribution in [0.2, 0.25) is 5.02 Å². The van der Waals surface area contributed by atoms with E-state index >= 15 is 0 Å². The van der Waals surface area contributed by atoms with Crippen molar-refractivity contribution in [1.82, 2.24) is 4.31 Å². The first-order chi connectivity index (χ1) is 10.4. The molecule has 0 unspecified atom stereocenters. The summed E-state index contributed by atoms with van der Waals surface area (Å²) in [5, 5.41) is 0.528. The number of ether oxygens (including phenoxy) is 1. The van der Waals surface area contributed by atoms with Crippen molar-refractivity contribution >= 4 is 21.6 Å². The molecule has 6 heteroatoms. The third kappa shape index (κ3) is 4.22. The van der Waals surface area contributed by atoms with Gasteiger partial charge >= 0.3 is 0 Å². The average Bonchev–Trinajstić information content (AvgIpc) is 2.47. The third-order valence-corrected chi connectivity index (χ3v) is 5.31. The van der Waals surface area contributed by atoms with Gasteiger partial charge < -0.3 is 4.74 Å². The molecule has 0 aliphatic carbocycles. The van der Waals surface area contributed by atoms with Crippen molar-refractivity contribution in [3.63, 3.8) is 0 Å². The number of sulfonamides is 1. The molecule has 0 spiro atoms. The predicted molar refractivity (Wildman–Crippen MR) is 88.5 cm³/mol. The molecule has 4 nitrogen and oxygen atoms in total. The summed E-state index contributed by atoms with van der Waals surface area (Å²) in [6, 6.07) is 14.2. The summed E-state index contributed by atoms with van der Waals surface area (Å²) >= 11 is 5.90. The van der Waals surface area contributed by atoms with Crippen LogP contribution in [-0.4, -0.2) is 26.9 Å². The molecule has 0 heterocycles. The Hall–Kier alpha value is -1.56. The van der Waals surface area contributed by atoms with Crippen molar-refractivity contribution in [3.05, 3.63) is 64.7 Å². The van der Waals surface area contributed by atoms with Gasteiger partial charge in [0.1, 0.15) is 5.75 Å². The van der Waals surface area contributed by atoms with E-state index in [4.69, 9.17) is 16.3 Å². The van der Waals surface area contributed by atoms with Crippen molar-refractivity contribution in [3.8, 4) is 5.75 Å². The second kappa shape index (κ2) is 7.13. The molecule has 22 heavy (non-hydrogen) atoms. The largest absolute Gasteiger partial charge is 0.496 e. The zero-order valence-electron chi connectivity index (χ0n) is 12.5. The maximum Gasteiger partial charge on any atom is 0.218 e. The monoisotopic (exact) mass is 339 g/mol. The summed E-state index contributed by atoms with van der Waals surface area (Å²) < 4.78 is 31.5. The first kappa shape index (κ1) is 16.8. The van der Waals surface area contributed by atoms with Crippen molar-refractivity contribution in [2.75, 3.05) is 14.2 Å². The van der Waals surface area contributed by atoms with Gasteiger partial charge in [0.05, 0.1) is 12.9 Å². The summed E-state index contributed by atoms with van der Waals surface area (Å²) in [7, 11) is -0.304. The van der Waals surface area contributed by atoms with Gasteiger partial charge in [-0.3, -0.25) is 0 Å². The molecule has 0 aliphatic rings. The van der Waals surface area contributed by atoms with Crippen LogP contribution in [0.25, 0.3) is 0 Å². The molecule has 0 fully saturated rings. The Morgan fingerprint density at radius 1 is 1.14 bits per heavy atom. The molecule has 0 saturated carbocycles. The van der Waals surface area contributed by atoms with E-state index in [0.717, 1.165) is 5.56 Å². The average molecular weight is 340 g/mol. The van der Waals surface area contributed by atoms with Gasteiger partial charge in [-0.25, -0.2) is 12.7 Å². The lowest BCUT2D eigenvalue weighted by atomic mass is 10.2. The fourth-order valence-electron chi connectivity index (χ4n) is 2.12. The number of hydrogen-bond acceptors (Lipinski definition) is 3. The molecule has 0 aliphatic heterocycles. The summed E-state index contributed by atoms with van der Waals surface area (Å²) in [6.07, 6.45) is 0. The SMILES string of the molecule is COc1ccccc1CN(C)S(=O)(=O)Cc1cccc(Cl)c1. The summed E-state index contributed by atoms with van der Waals surface area (Å²) in [5.41, 5.74) is 1.49. The lowest BCUT2D eigenvalue weighted by Crippen LogP contribution is -2.28. The number of benzene rings is 2. The third-order valence-electron chi connectivity index (χ3n) is 3.30. The molecule has 0 amide bonds. The minimum atomic E-state index is -3.43. The smallest absolute Gasteiger partial charge is 0.218 e. The van der Waals surface area contributed by atoms with E-state index in [1.165, 1.54) is 4.31 Å². The Bertz CT molecular complexity index is 747. The Balaban J connectivity index is 2.15. The van der Waals surface area contributed by atoms with Crippen LogP contribution in [0.4, 0.5) is 0 Å². The zero-order chi connectivity index (χ0) is 16.2. The number of nitrogens with zero attached hydrogens (tertiary/aromatic N) is 1. The fourth-order valence-corrected chi connectivity index (χ4v) is 3.49. The van der Waals surface area contributed by atoms with Crippen LogP contribution in [0, 0.1) is 0 Å². The highest BCUT2D eigenvalue weighted by Crippen LogP contribution is 2.21. The normalized spacial score (nSPS) is 11.6. The maximum absolute atomic E-state index is 12.5. The fraction of sp³-hybridized carbons (Fsp3) is 0.250. The zero-order valence-corrected chi connectivity index (χ0v) is 14.1. The number of methoxy groups -OCH3 is 1. The minimum Gasteiger partial charge on any atom is -0.496 e. The molecule has 2 aromatic rings. The van der Waals surface area contributed by atoms with Gasteiger partial charge in [-0.05, 0) is 23.8 Å². The van der Waals surface area contributed by atoms with Gasteiger partial charge in [-0.1, -0.05) is 41.9 Å². The standard InChI is InChI=1S/C16H18ClNO3S/c1-18(11-14-7-3-4-9-16(14)21-2)22(19,20)12-13-6-5-8-15(17)10-13/h3-10H,11-12H2,1-2H3. The number of hydrogen-bond donors (Lipinski definition) is 0. The van der Waals surface area contributed by atoms with E-state index < -0.39 is 10.0 Å². The van der Waals surface area contributed by atoms with Gasteiger partial charge in [0.2, 0.25) is 10.0 Å². The van der Waals surface area contributed by atoms with Crippen LogP contribution in [0.1, 0.15) is 11.1 Å². The second-order valence-electron chi connectivity index (χ2n) is 4.95. The minimum absolute atomic E-state index is 0.0841. The quantitative estimate of drug-likeness (QED) is 0.811. The highest BCUT2D eigenvalue weighted by molar-refractivity contribution is 7.88. The molecule has 0 radical (unpaired) electrons. The van der Waals surface area contributed by atoms with Crippen molar-refractivity contribution in [2.24, 2.45) is 0 Å². The van der Waals surface area contributed by atoms with E-state index in [-0.39, 0.29) is 12.3 Å². The first-order valence-corrected chi connectivity index (χ1v) is 8.71. The van der Waals surface area contributed by atoms with E-state index in [1.807, 2.05) is 24.3 Å². The highest BCUT2D eigenvalue weighted by Gasteiger charge is 2.20. The Labute approximate surface area is 136 Å². The topological polar surface area (TPSA) is 46.6 Å². The van der Waals surface area contributed by atoms with Crippen LogP contribution in [0.15, 0.2) is 48.5 Å². The van der Waals surface area contributed by atoms with Gasteiger partial charge in [0.15, 0.2) is 0 Å². The number of halogens is 1. The lowest BCUT2D eigenvalue weighted by molar-refractivity contribution is 0.398. The van der Waals surface area contributed by atoms with E-state index in [2.05, 4.69) is 0 Å². The summed E-state index contributed by atoms with van der Waals surface area (Å²) in [5.74, 6) is 0.589. The molecular formula is C16H18ClNO3S. The van der Waals surface area contributed by atoms with Crippen LogP contribution >= 0.6 is 11.6 Å². The molecule has 0 N–H and O–H groups in total. The number of rotatable bonds is 6. The Morgan fingerprint density at radius 2 is 1.86 bits per heavy atom. The molecule has 0 bridgehead atoms. The molecule has 118 valence electrons. The van der Waals surface area contributed by atoms with E-state index in [9.17, 15) is 8.42 Å². The molecule has 0 aromatic heterocycles. The van der Waals surface area contributed by atoms with Crippen LogP contribution in [0.3, 0.4) is 0 Å². The van der Waals surface area contributed by atoms with Gasteiger partial charge in [-0.15, -0.1) is 0 Å². The Morgan fingerprint density at radius 3 is 2.55 bits per heavy atom. The summed E-state index contributed by atoms with van der Waals surface area (Å²) in [4.78, 5) is 0. The van der Waals surface area contributed by atoms with Crippen LogP contribution in [-0.2, 0) is 22.3 Å². The van der Waals surface area contributed by atoms with Crippen molar-refractivity contribution < 1.29 is 13.2 Å². The molecular weight excluding hydrogens is 322 g/mol. The molecule has 0 atom stereocenters. The molecule has 0 saturated heterocycles. The van der Waals surface area contributed by atoms with Gasteiger partial charge in [0, 0.05) is 24.2 Å². The summed E-state index contributed by atoms with van der Waals surface area (Å²) in [6.45, 7) is 0.257. The maximum atomic E-state index is 12.5. The van der Waals surface area contributed by atoms with Crippen LogP contribution in [0.5, 0.6) is 5.75 Å². The van der Waals surface area contributed by atoms with E-state index in [0.29, 0.717) is 16.3 Å². The Kier molecular flexibility index (Phi) is 5.45. The van der Waals surface area contributed by atoms with E-state index in [1.54, 1.807) is 38.4 Å². The van der Waals surface area contributed by atoms with Crippen molar-refractivity contribution in [1.29, 1.82) is 0 Å².